The summed E-state index contributed by atoms with van der Waals surface area (Å²) in [5, 5.41) is 0. The number of rotatable bonds is 7. The minimum absolute atomic E-state index is 0.0694. The molecule has 1 saturated heterocycles. The highest BCUT2D eigenvalue weighted by molar-refractivity contribution is 5.70. The van der Waals surface area contributed by atoms with E-state index in [9.17, 15) is 4.79 Å². The van der Waals surface area contributed by atoms with Crippen LogP contribution in [0.25, 0.3) is 0 Å². The van der Waals surface area contributed by atoms with Gasteiger partial charge in [-0.1, -0.05) is 19.8 Å². The van der Waals surface area contributed by atoms with Gasteiger partial charge >= 0.3 is 5.97 Å². The van der Waals surface area contributed by atoms with Crippen molar-refractivity contribution in [1.82, 2.24) is 4.90 Å². The second-order valence-electron chi connectivity index (χ2n) is 4.45. The van der Waals surface area contributed by atoms with Gasteiger partial charge < -0.3 is 9.47 Å². The molecule has 0 aliphatic carbocycles. The molecule has 100 valence electrons. The minimum atomic E-state index is -0.0694. The van der Waals surface area contributed by atoms with Gasteiger partial charge in [0.05, 0.1) is 26.2 Å². The number of carbonyl (C=O) groups excluding carboxylic acids is 1. The lowest BCUT2D eigenvalue weighted by Gasteiger charge is -2.34. The quantitative estimate of drug-likeness (QED) is 0.639. The largest absolute Gasteiger partial charge is 0.466 e. The van der Waals surface area contributed by atoms with Crippen LogP contribution in [0.5, 0.6) is 0 Å². The maximum absolute atomic E-state index is 11.6. The van der Waals surface area contributed by atoms with E-state index in [4.69, 9.17) is 9.47 Å². The highest BCUT2D eigenvalue weighted by Crippen LogP contribution is 2.15. The van der Waals surface area contributed by atoms with Gasteiger partial charge in [0.25, 0.3) is 0 Å². The molecule has 1 atom stereocenters. The zero-order valence-electron chi connectivity index (χ0n) is 11.1. The highest BCUT2D eigenvalue weighted by atomic mass is 16.5. The SMILES string of the molecule is CCCCC(CC(=O)OCC)N1CCOCC1. The molecule has 4 heteroatoms. The number of hydrogen-bond acceptors (Lipinski definition) is 4. The molecule has 0 aromatic heterocycles. The number of morpholine rings is 1. The number of esters is 1. The third kappa shape index (κ3) is 5.50. The third-order valence-electron chi connectivity index (χ3n) is 3.16. The fourth-order valence-electron chi connectivity index (χ4n) is 2.21. The Morgan fingerprint density at radius 3 is 2.65 bits per heavy atom. The van der Waals surface area contributed by atoms with Crippen LogP contribution in [0, 0.1) is 0 Å². The van der Waals surface area contributed by atoms with Crippen LogP contribution in [0.15, 0.2) is 0 Å². The first-order chi connectivity index (χ1) is 8.27. The summed E-state index contributed by atoms with van der Waals surface area (Å²) < 4.78 is 10.4. The second-order valence-corrected chi connectivity index (χ2v) is 4.45. The summed E-state index contributed by atoms with van der Waals surface area (Å²) in [5.41, 5.74) is 0. The van der Waals surface area contributed by atoms with E-state index < -0.39 is 0 Å². The molecule has 1 heterocycles. The monoisotopic (exact) mass is 243 g/mol. The summed E-state index contributed by atoms with van der Waals surface area (Å²) >= 11 is 0. The first-order valence-electron chi connectivity index (χ1n) is 6.75. The molecule has 0 saturated carbocycles. The van der Waals surface area contributed by atoms with E-state index in [2.05, 4.69) is 11.8 Å². The fraction of sp³-hybridized carbons (Fsp3) is 0.923. The molecule has 0 N–H and O–H groups in total. The molecule has 17 heavy (non-hydrogen) atoms. The van der Waals surface area contributed by atoms with E-state index in [1.165, 1.54) is 12.8 Å². The minimum Gasteiger partial charge on any atom is -0.466 e. The van der Waals surface area contributed by atoms with Crippen molar-refractivity contribution >= 4 is 5.97 Å². The van der Waals surface area contributed by atoms with Crippen LogP contribution in [0.3, 0.4) is 0 Å². The summed E-state index contributed by atoms with van der Waals surface area (Å²) in [6.45, 7) is 7.95. The van der Waals surface area contributed by atoms with Crippen LogP contribution < -0.4 is 0 Å². The van der Waals surface area contributed by atoms with E-state index in [1.807, 2.05) is 6.92 Å². The Labute approximate surface area is 104 Å². The van der Waals surface area contributed by atoms with Gasteiger partial charge in [0.1, 0.15) is 0 Å². The molecule has 1 unspecified atom stereocenters. The molecular weight excluding hydrogens is 218 g/mol. The van der Waals surface area contributed by atoms with E-state index >= 15 is 0 Å². The lowest BCUT2D eigenvalue weighted by Crippen LogP contribution is -2.44. The maximum atomic E-state index is 11.6. The van der Waals surface area contributed by atoms with Gasteiger partial charge in [0.2, 0.25) is 0 Å². The van der Waals surface area contributed by atoms with Crippen molar-refractivity contribution in [1.29, 1.82) is 0 Å². The van der Waals surface area contributed by atoms with Crippen molar-refractivity contribution in [3.05, 3.63) is 0 Å². The van der Waals surface area contributed by atoms with Crippen molar-refractivity contribution < 1.29 is 14.3 Å². The van der Waals surface area contributed by atoms with Gasteiger partial charge in [0.15, 0.2) is 0 Å². The summed E-state index contributed by atoms with van der Waals surface area (Å²) in [6, 6.07) is 0.331. The van der Waals surface area contributed by atoms with Gasteiger partial charge in [-0.25, -0.2) is 0 Å². The molecule has 0 aromatic rings. The molecule has 1 rings (SSSR count). The summed E-state index contributed by atoms with van der Waals surface area (Å²) in [6.07, 6.45) is 3.94. The van der Waals surface area contributed by atoms with E-state index in [1.54, 1.807) is 0 Å². The van der Waals surface area contributed by atoms with Crippen LogP contribution in [0.4, 0.5) is 0 Å². The number of nitrogens with zero attached hydrogens (tertiary/aromatic N) is 1. The molecular formula is C13H25NO3. The molecule has 0 spiro atoms. The molecule has 4 nitrogen and oxygen atoms in total. The van der Waals surface area contributed by atoms with Crippen LogP contribution in [-0.4, -0.2) is 49.8 Å². The smallest absolute Gasteiger partial charge is 0.307 e. The number of unbranched alkanes of at least 4 members (excludes halogenated alkanes) is 1. The zero-order valence-corrected chi connectivity index (χ0v) is 11.1. The van der Waals surface area contributed by atoms with E-state index in [0.29, 0.717) is 19.1 Å². The normalized spacial score (nSPS) is 18.9. The van der Waals surface area contributed by atoms with Crippen LogP contribution >= 0.6 is 0 Å². The first kappa shape index (κ1) is 14.5. The molecule has 1 aliphatic heterocycles. The van der Waals surface area contributed by atoms with Crippen LogP contribution in [0.2, 0.25) is 0 Å². The molecule has 0 bridgehead atoms. The maximum Gasteiger partial charge on any atom is 0.307 e. The van der Waals surface area contributed by atoms with E-state index in [-0.39, 0.29) is 5.97 Å². The van der Waals surface area contributed by atoms with Crippen LogP contribution in [0.1, 0.15) is 39.5 Å². The van der Waals surface area contributed by atoms with Gasteiger partial charge in [-0.05, 0) is 13.3 Å². The number of carbonyl (C=O) groups is 1. The average Bonchev–Trinajstić information content (AvgIpc) is 2.36. The summed E-state index contributed by atoms with van der Waals surface area (Å²) in [7, 11) is 0. The Balaban J connectivity index is 2.43. The molecule has 0 aromatic carbocycles. The summed E-state index contributed by atoms with van der Waals surface area (Å²) in [5.74, 6) is -0.0694. The molecule has 0 radical (unpaired) electrons. The lowest BCUT2D eigenvalue weighted by atomic mass is 10.0. The Morgan fingerprint density at radius 1 is 1.35 bits per heavy atom. The van der Waals surface area contributed by atoms with Gasteiger partial charge in [0, 0.05) is 19.1 Å². The van der Waals surface area contributed by atoms with E-state index in [0.717, 1.165) is 32.7 Å². The Morgan fingerprint density at radius 2 is 2.06 bits per heavy atom. The number of ether oxygens (including phenoxy) is 2. The fourth-order valence-corrected chi connectivity index (χ4v) is 2.21. The second kappa shape index (κ2) is 8.48. The zero-order chi connectivity index (χ0) is 12.5. The molecule has 0 amide bonds. The van der Waals surface area contributed by atoms with Gasteiger partial charge in [-0.15, -0.1) is 0 Å². The molecule has 1 fully saturated rings. The third-order valence-corrected chi connectivity index (χ3v) is 3.16. The Hall–Kier alpha value is -0.610. The van der Waals surface area contributed by atoms with Crippen molar-refractivity contribution in [3.63, 3.8) is 0 Å². The van der Waals surface area contributed by atoms with Crippen LogP contribution in [-0.2, 0) is 14.3 Å². The summed E-state index contributed by atoms with van der Waals surface area (Å²) in [4.78, 5) is 14.0. The Bertz CT molecular complexity index is 215. The van der Waals surface area contributed by atoms with Crippen molar-refractivity contribution in [2.75, 3.05) is 32.9 Å². The topological polar surface area (TPSA) is 38.8 Å². The molecule has 1 aliphatic rings. The number of hydrogen-bond donors (Lipinski definition) is 0. The predicted molar refractivity (Wildman–Crippen MR) is 67.0 cm³/mol. The lowest BCUT2D eigenvalue weighted by molar-refractivity contribution is -0.145. The van der Waals surface area contributed by atoms with Crippen molar-refractivity contribution in [2.45, 2.75) is 45.6 Å². The standard InChI is InChI=1S/C13H25NO3/c1-3-5-6-12(11-13(15)17-4-2)14-7-9-16-10-8-14/h12H,3-11H2,1-2H3. The predicted octanol–water partition coefficient (Wildman–Crippen LogP) is 1.83. The first-order valence-corrected chi connectivity index (χ1v) is 6.75. The van der Waals surface area contributed by atoms with Crippen molar-refractivity contribution in [3.8, 4) is 0 Å². The van der Waals surface area contributed by atoms with Gasteiger partial charge in [-0.3, -0.25) is 9.69 Å². The highest BCUT2D eigenvalue weighted by Gasteiger charge is 2.23. The average molecular weight is 243 g/mol. The Kier molecular flexibility index (Phi) is 7.21. The van der Waals surface area contributed by atoms with Gasteiger partial charge in [-0.2, -0.15) is 0 Å². The van der Waals surface area contributed by atoms with Crippen molar-refractivity contribution in [2.24, 2.45) is 0 Å².